The van der Waals surface area contributed by atoms with Crippen LogP contribution in [0.4, 0.5) is 0 Å². The average molecular weight is 298 g/mol. The molecule has 1 saturated heterocycles. The fourth-order valence-electron chi connectivity index (χ4n) is 2.30. The van der Waals surface area contributed by atoms with E-state index in [0.717, 1.165) is 0 Å². The van der Waals surface area contributed by atoms with Gasteiger partial charge in [0.1, 0.15) is 29.7 Å². The number of imidazole rings is 1. The van der Waals surface area contributed by atoms with Gasteiger partial charge in [-0.2, -0.15) is 0 Å². The van der Waals surface area contributed by atoms with Gasteiger partial charge in [0.05, 0.1) is 6.61 Å². The molecule has 0 spiro atoms. The molecule has 8 nitrogen and oxygen atoms in total. The van der Waals surface area contributed by atoms with Gasteiger partial charge < -0.3 is 25.0 Å². The molecule has 0 radical (unpaired) electrons. The first kappa shape index (κ1) is 13.6. The zero-order valence-corrected chi connectivity index (χ0v) is 11.4. The summed E-state index contributed by atoms with van der Waals surface area (Å²) in [5.74, 6) is 0.695. The quantitative estimate of drug-likeness (QED) is 0.547. The van der Waals surface area contributed by atoms with Crippen molar-refractivity contribution < 1.29 is 20.1 Å². The van der Waals surface area contributed by atoms with E-state index in [2.05, 4.69) is 15.0 Å². The van der Waals surface area contributed by atoms with Crippen LogP contribution in [0.1, 0.15) is 12.1 Å². The van der Waals surface area contributed by atoms with Gasteiger partial charge in [0.25, 0.3) is 0 Å². The molecule has 2 aromatic heterocycles. The van der Waals surface area contributed by atoms with Crippen molar-refractivity contribution in [3.8, 4) is 0 Å². The topological polar surface area (TPSA) is 116 Å². The molecule has 3 rings (SSSR count). The van der Waals surface area contributed by atoms with Crippen molar-refractivity contribution in [1.29, 1.82) is 0 Å². The number of aromatic amines is 1. The van der Waals surface area contributed by atoms with Crippen molar-refractivity contribution in [2.24, 2.45) is 0 Å². The highest BCUT2D eigenvalue weighted by Gasteiger charge is 2.43. The second kappa shape index (κ2) is 4.86. The lowest BCUT2D eigenvalue weighted by Crippen LogP contribution is -2.33. The summed E-state index contributed by atoms with van der Waals surface area (Å²) >= 11 is 5.16. The van der Waals surface area contributed by atoms with Crippen molar-refractivity contribution in [3.05, 3.63) is 16.8 Å². The Kier molecular flexibility index (Phi) is 3.30. The van der Waals surface area contributed by atoms with Gasteiger partial charge in [-0.05, 0) is 19.1 Å². The van der Waals surface area contributed by atoms with E-state index in [0.29, 0.717) is 17.0 Å². The fraction of sp³-hybridized carbons (Fsp3) is 0.545. The normalized spacial score (nSPS) is 30.2. The lowest BCUT2D eigenvalue weighted by atomic mass is 10.1. The zero-order valence-electron chi connectivity index (χ0n) is 10.6. The summed E-state index contributed by atoms with van der Waals surface area (Å²) in [5.41, 5.74) is 1.13. The molecule has 0 bridgehead atoms. The molecule has 1 aliphatic rings. The minimum absolute atomic E-state index is 0.191. The van der Waals surface area contributed by atoms with E-state index in [1.165, 1.54) is 4.57 Å². The van der Waals surface area contributed by atoms with Gasteiger partial charge in [-0.3, -0.25) is 4.57 Å². The summed E-state index contributed by atoms with van der Waals surface area (Å²) in [4.78, 5) is 11.4. The molecule has 0 aromatic carbocycles. The molecule has 0 aliphatic carbocycles. The number of aliphatic hydroxyl groups is 3. The third-order valence-electron chi connectivity index (χ3n) is 3.31. The fourth-order valence-corrected chi connectivity index (χ4v) is 2.55. The Labute approximate surface area is 118 Å². The number of nitrogens with one attached hydrogen (secondary N) is 1. The van der Waals surface area contributed by atoms with Crippen molar-refractivity contribution in [3.63, 3.8) is 0 Å². The van der Waals surface area contributed by atoms with Crippen LogP contribution in [-0.2, 0) is 4.74 Å². The Bertz CT molecular complexity index is 699. The number of ether oxygens (including phenoxy) is 1. The minimum atomic E-state index is -1.20. The summed E-state index contributed by atoms with van der Waals surface area (Å²) in [7, 11) is 0. The van der Waals surface area contributed by atoms with Gasteiger partial charge >= 0.3 is 0 Å². The molecule has 1 fully saturated rings. The first-order valence-electron chi connectivity index (χ1n) is 6.09. The zero-order chi connectivity index (χ0) is 14.4. The van der Waals surface area contributed by atoms with Gasteiger partial charge in [0, 0.05) is 6.20 Å². The minimum Gasteiger partial charge on any atom is -0.394 e. The van der Waals surface area contributed by atoms with Crippen molar-refractivity contribution in [2.75, 3.05) is 6.61 Å². The number of hydrogen-bond donors (Lipinski definition) is 4. The highest BCUT2D eigenvalue weighted by molar-refractivity contribution is 7.71. The molecule has 3 heterocycles. The van der Waals surface area contributed by atoms with Crippen molar-refractivity contribution in [2.45, 2.75) is 31.5 Å². The highest BCUT2D eigenvalue weighted by atomic mass is 32.1. The molecule has 20 heavy (non-hydrogen) atoms. The molecule has 108 valence electrons. The van der Waals surface area contributed by atoms with E-state index in [9.17, 15) is 10.2 Å². The SMILES string of the molecule is Cc1nc2cn([C@@H]3O[C@H](CO)C(O)[C@@H]3O)c(=S)nc2[nH]1. The average Bonchev–Trinajstić information content (AvgIpc) is 2.89. The number of rotatable bonds is 2. The number of hydrogen-bond acceptors (Lipinski definition) is 7. The van der Waals surface area contributed by atoms with Gasteiger partial charge in [-0.25, -0.2) is 9.97 Å². The van der Waals surface area contributed by atoms with Gasteiger partial charge in [0.15, 0.2) is 11.9 Å². The summed E-state index contributed by atoms with van der Waals surface area (Å²) in [6.45, 7) is 1.40. The first-order chi connectivity index (χ1) is 9.51. The maximum atomic E-state index is 10.0. The third-order valence-corrected chi connectivity index (χ3v) is 3.61. The molecule has 4 N–H and O–H groups in total. The van der Waals surface area contributed by atoms with E-state index in [4.69, 9.17) is 22.1 Å². The maximum absolute atomic E-state index is 10.0. The summed E-state index contributed by atoms with van der Waals surface area (Å²) in [6, 6.07) is 0. The molecule has 1 aliphatic heterocycles. The second-order valence-corrected chi connectivity index (χ2v) is 5.08. The van der Waals surface area contributed by atoms with Crippen molar-refractivity contribution >= 4 is 23.4 Å². The van der Waals surface area contributed by atoms with Crippen LogP contribution in [0.15, 0.2) is 6.20 Å². The maximum Gasteiger partial charge on any atom is 0.203 e. The summed E-state index contributed by atoms with van der Waals surface area (Å²) in [5, 5.41) is 28.9. The van der Waals surface area contributed by atoms with Crippen LogP contribution in [0.2, 0.25) is 0 Å². The molecule has 1 unspecified atom stereocenters. The Morgan fingerprint density at radius 1 is 1.40 bits per heavy atom. The van der Waals surface area contributed by atoms with Crippen LogP contribution in [0.3, 0.4) is 0 Å². The lowest BCUT2D eigenvalue weighted by Gasteiger charge is -2.17. The van der Waals surface area contributed by atoms with E-state index in [1.54, 1.807) is 13.1 Å². The predicted octanol–water partition coefficient (Wildman–Crippen LogP) is -0.591. The molecule has 0 amide bonds. The van der Waals surface area contributed by atoms with E-state index in [1.807, 2.05) is 0 Å². The Morgan fingerprint density at radius 3 is 2.80 bits per heavy atom. The Morgan fingerprint density at radius 2 is 2.15 bits per heavy atom. The predicted molar refractivity (Wildman–Crippen MR) is 70.5 cm³/mol. The highest BCUT2D eigenvalue weighted by Crippen LogP contribution is 2.29. The van der Waals surface area contributed by atoms with Crippen LogP contribution in [0.25, 0.3) is 11.2 Å². The summed E-state index contributed by atoms with van der Waals surface area (Å²) in [6.07, 6.45) is -2.52. The third kappa shape index (κ3) is 2.03. The monoisotopic (exact) mass is 298 g/mol. The van der Waals surface area contributed by atoms with Crippen LogP contribution in [0.5, 0.6) is 0 Å². The number of nitrogens with zero attached hydrogens (tertiary/aromatic N) is 3. The van der Waals surface area contributed by atoms with Crippen molar-refractivity contribution in [1.82, 2.24) is 19.5 Å². The lowest BCUT2D eigenvalue weighted by molar-refractivity contribution is -0.0538. The number of aryl methyl sites for hydroxylation is 1. The van der Waals surface area contributed by atoms with Crippen LogP contribution in [0, 0.1) is 11.7 Å². The van der Waals surface area contributed by atoms with Gasteiger partial charge in [-0.1, -0.05) is 0 Å². The number of aliphatic hydroxyl groups excluding tert-OH is 3. The Balaban J connectivity index is 2.06. The second-order valence-electron chi connectivity index (χ2n) is 4.72. The molecule has 0 saturated carbocycles. The largest absolute Gasteiger partial charge is 0.394 e. The van der Waals surface area contributed by atoms with E-state index in [-0.39, 0.29) is 11.4 Å². The van der Waals surface area contributed by atoms with Crippen LogP contribution >= 0.6 is 12.2 Å². The standard InChI is InChI=1S/C11H14N4O4S/c1-4-12-5-2-15(11(20)14-9(5)13-4)10-8(18)7(17)6(3-16)19-10/h2,6-8,10,16-18H,3H2,1H3,(H,12,13,14,20)/t6-,7?,8+,10-/m1/s1. The van der Waals surface area contributed by atoms with Crippen LogP contribution < -0.4 is 0 Å². The van der Waals surface area contributed by atoms with Crippen LogP contribution in [-0.4, -0.2) is 59.8 Å². The molecule has 2 aromatic rings. The smallest absolute Gasteiger partial charge is 0.203 e. The number of H-pyrrole nitrogens is 1. The van der Waals surface area contributed by atoms with E-state index < -0.39 is 24.5 Å². The van der Waals surface area contributed by atoms with E-state index >= 15 is 0 Å². The number of aromatic nitrogens is 4. The first-order valence-corrected chi connectivity index (χ1v) is 6.50. The van der Waals surface area contributed by atoms with Gasteiger partial charge in [-0.15, -0.1) is 0 Å². The number of fused-ring (bicyclic) bond motifs is 1. The summed E-state index contributed by atoms with van der Waals surface area (Å²) < 4.78 is 7.05. The molecule has 4 atom stereocenters. The Hall–Kier alpha value is -1.39. The molecule has 9 heteroatoms. The van der Waals surface area contributed by atoms with Gasteiger partial charge in [0.2, 0.25) is 4.77 Å². The molecular formula is C11H14N4O4S. The molecular weight excluding hydrogens is 284 g/mol.